The van der Waals surface area contributed by atoms with Crippen LogP contribution in [-0.4, -0.2) is 80.8 Å². The number of para-hydroxylation sites is 1. The maximum atomic E-state index is 13.6. The molecule has 5 atom stereocenters. The summed E-state index contributed by atoms with van der Waals surface area (Å²) < 4.78 is 0. The van der Waals surface area contributed by atoms with Crippen LogP contribution in [-0.2, 0) is 32.0 Å². The second-order valence-electron chi connectivity index (χ2n) is 10.5. The summed E-state index contributed by atoms with van der Waals surface area (Å²) in [6, 6.07) is 8.44. The summed E-state index contributed by atoms with van der Waals surface area (Å²) in [6.07, 6.45) is 1.74. The highest BCUT2D eigenvalue weighted by atomic mass is 16.4. The number of phenols is 1. The third-order valence-corrected chi connectivity index (χ3v) is 7.13. The molecule has 3 amide bonds. The van der Waals surface area contributed by atoms with Gasteiger partial charge in [0.15, 0.2) is 0 Å². The zero-order chi connectivity index (χ0) is 31.5. The number of hydrogen-bond donors (Lipinski definition) is 9. The highest BCUT2D eigenvalue weighted by Crippen LogP contribution is 2.19. The van der Waals surface area contributed by atoms with Crippen LogP contribution in [0.25, 0.3) is 10.9 Å². The van der Waals surface area contributed by atoms with E-state index in [4.69, 9.17) is 11.5 Å². The molecule has 43 heavy (non-hydrogen) atoms. The first kappa shape index (κ1) is 33.0. The number of carbonyl (C=O) groups excluding carboxylic acids is 3. The Morgan fingerprint density at radius 1 is 0.860 bits per heavy atom. The average Bonchev–Trinajstić information content (AvgIpc) is 3.39. The van der Waals surface area contributed by atoms with E-state index >= 15 is 0 Å². The van der Waals surface area contributed by atoms with Crippen molar-refractivity contribution in [2.24, 2.45) is 11.5 Å². The molecule has 0 spiro atoms. The number of carbonyl (C=O) groups is 4. The van der Waals surface area contributed by atoms with E-state index in [-0.39, 0.29) is 25.0 Å². The van der Waals surface area contributed by atoms with Crippen molar-refractivity contribution in [2.45, 2.75) is 69.3 Å². The molecule has 0 aliphatic rings. The predicted molar refractivity (Wildman–Crippen MR) is 160 cm³/mol. The monoisotopic (exact) mass is 596 g/mol. The summed E-state index contributed by atoms with van der Waals surface area (Å²) in [6.45, 7) is 1.71. The minimum Gasteiger partial charge on any atom is -0.508 e. The number of aliphatic carboxylic acids is 1. The fourth-order valence-electron chi connectivity index (χ4n) is 4.59. The number of aromatic amines is 1. The van der Waals surface area contributed by atoms with E-state index in [0.29, 0.717) is 24.9 Å². The maximum Gasteiger partial charge on any atom is 0.326 e. The first-order valence-electron chi connectivity index (χ1n) is 14.1. The second-order valence-corrected chi connectivity index (χ2v) is 10.5. The number of nitrogens with two attached hydrogens (primary N) is 2. The molecule has 0 saturated heterocycles. The molecule has 3 aromatic rings. The highest BCUT2D eigenvalue weighted by molar-refractivity contribution is 5.95. The molecule has 0 aliphatic carbocycles. The van der Waals surface area contributed by atoms with Crippen LogP contribution in [0.5, 0.6) is 5.75 Å². The van der Waals surface area contributed by atoms with E-state index in [9.17, 15) is 34.5 Å². The Morgan fingerprint density at radius 3 is 2.14 bits per heavy atom. The number of unbranched alkanes of at least 4 members (excludes halogenated alkanes) is 1. The molecule has 0 radical (unpaired) electrons. The molecule has 5 unspecified atom stereocenters. The smallest absolute Gasteiger partial charge is 0.326 e. The number of phenolic OH excluding ortho intramolecular Hbond substituents is 1. The van der Waals surface area contributed by atoms with E-state index < -0.39 is 54.0 Å². The van der Waals surface area contributed by atoms with Crippen molar-refractivity contribution in [1.82, 2.24) is 20.9 Å². The minimum atomic E-state index is -1.31. The lowest BCUT2D eigenvalue weighted by molar-refractivity contribution is -0.142. The van der Waals surface area contributed by atoms with Crippen LogP contribution in [0, 0.1) is 0 Å². The largest absolute Gasteiger partial charge is 0.508 e. The van der Waals surface area contributed by atoms with E-state index in [1.807, 2.05) is 24.3 Å². The summed E-state index contributed by atoms with van der Waals surface area (Å²) in [7, 11) is 0. The molecule has 0 fully saturated rings. The van der Waals surface area contributed by atoms with Gasteiger partial charge in [0.2, 0.25) is 17.7 Å². The van der Waals surface area contributed by atoms with Gasteiger partial charge >= 0.3 is 5.97 Å². The van der Waals surface area contributed by atoms with Crippen molar-refractivity contribution in [3.8, 4) is 5.75 Å². The molecular formula is C30H40N6O7. The topological polar surface area (TPSA) is 233 Å². The molecule has 0 saturated carbocycles. The van der Waals surface area contributed by atoms with Gasteiger partial charge in [0.25, 0.3) is 0 Å². The standard InChI is InChI=1S/C30H40N6O7/c1-17(37)26(32)29(41)35-24(15-19-16-33-22-7-3-2-6-21(19)22)28(40)34-23(8-4-5-13-31)27(39)36-25(30(42)43)14-18-9-11-20(38)12-10-18/h2-3,6-7,9-12,16-17,23-26,33,37-38H,4-5,8,13-15,31-32H2,1H3,(H,34,40)(H,35,41)(H,36,39)(H,42,43). The zero-order valence-corrected chi connectivity index (χ0v) is 24.0. The Labute approximate surface area is 249 Å². The quantitative estimate of drug-likeness (QED) is 0.101. The Balaban J connectivity index is 1.82. The summed E-state index contributed by atoms with van der Waals surface area (Å²) >= 11 is 0. The van der Waals surface area contributed by atoms with E-state index in [2.05, 4.69) is 20.9 Å². The molecule has 11 N–H and O–H groups in total. The summed E-state index contributed by atoms with van der Waals surface area (Å²) in [4.78, 5) is 54.9. The van der Waals surface area contributed by atoms with Crippen LogP contribution in [0.15, 0.2) is 54.7 Å². The summed E-state index contributed by atoms with van der Waals surface area (Å²) in [5.74, 6) is -3.40. The number of aliphatic hydroxyl groups excluding tert-OH is 1. The van der Waals surface area contributed by atoms with Crippen LogP contribution >= 0.6 is 0 Å². The van der Waals surface area contributed by atoms with Gasteiger partial charge < -0.3 is 47.7 Å². The molecule has 232 valence electrons. The number of carboxylic acids is 1. The van der Waals surface area contributed by atoms with Gasteiger partial charge in [-0.2, -0.15) is 0 Å². The average molecular weight is 597 g/mol. The number of hydrogen-bond acceptors (Lipinski definition) is 8. The van der Waals surface area contributed by atoms with Crippen molar-refractivity contribution in [3.63, 3.8) is 0 Å². The molecule has 2 aromatic carbocycles. The fourth-order valence-corrected chi connectivity index (χ4v) is 4.59. The van der Waals surface area contributed by atoms with Gasteiger partial charge in [0, 0.05) is 29.9 Å². The van der Waals surface area contributed by atoms with Gasteiger partial charge in [-0.1, -0.05) is 30.3 Å². The van der Waals surface area contributed by atoms with Gasteiger partial charge in [-0.15, -0.1) is 0 Å². The number of benzene rings is 2. The Hall–Kier alpha value is -4.46. The molecule has 3 rings (SSSR count). The summed E-state index contributed by atoms with van der Waals surface area (Å²) in [5.41, 5.74) is 13.6. The first-order valence-corrected chi connectivity index (χ1v) is 14.1. The molecule has 1 aromatic heterocycles. The second kappa shape index (κ2) is 15.7. The van der Waals surface area contributed by atoms with Crippen LogP contribution < -0.4 is 27.4 Å². The van der Waals surface area contributed by atoms with E-state index in [0.717, 1.165) is 16.5 Å². The number of aromatic nitrogens is 1. The first-order chi connectivity index (χ1) is 20.5. The van der Waals surface area contributed by atoms with E-state index in [1.54, 1.807) is 18.3 Å². The maximum absolute atomic E-state index is 13.6. The Kier molecular flexibility index (Phi) is 12.0. The minimum absolute atomic E-state index is 0.0195. The number of nitrogens with one attached hydrogen (secondary N) is 4. The number of aliphatic hydroxyl groups is 1. The summed E-state index contributed by atoms with van der Waals surface area (Å²) in [5, 5.41) is 37.7. The van der Waals surface area contributed by atoms with Crippen LogP contribution in [0.1, 0.15) is 37.3 Å². The number of amides is 3. The van der Waals surface area contributed by atoms with Gasteiger partial charge in [-0.3, -0.25) is 14.4 Å². The van der Waals surface area contributed by atoms with E-state index in [1.165, 1.54) is 19.1 Å². The lowest BCUT2D eigenvalue weighted by Gasteiger charge is -2.26. The van der Waals surface area contributed by atoms with Crippen LogP contribution in [0.3, 0.4) is 0 Å². The predicted octanol–water partition coefficient (Wildman–Crippen LogP) is 0.0348. The lowest BCUT2D eigenvalue weighted by Crippen LogP contribution is -2.58. The fraction of sp³-hybridized carbons (Fsp3) is 0.400. The van der Waals surface area contributed by atoms with Gasteiger partial charge in [0.05, 0.1) is 6.10 Å². The molecule has 13 nitrogen and oxygen atoms in total. The van der Waals surface area contributed by atoms with Crippen LogP contribution in [0.4, 0.5) is 0 Å². The van der Waals surface area contributed by atoms with Gasteiger partial charge in [-0.05, 0) is 62.1 Å². The lowest BCUT2D eigenvalue weighted by atomic mass is 10.0. The molecule has 0 bridgehead atoms. The number of rotatable bonds is 16. The van der Waals surface area contributed by atoms with Crippen molar-refractivity contribution in [1.29, 1.82) is 0 Å². The van der Waals surface area contributed by atoms with Crippen molar-refractivity contribution in [3.05, 3.63) is 65.9 Å². The van der Waals surface area contributed by atoms with Gasteiger partial charge in [0.1, 0.15) is 29.9 Å². The molecule has 1 heterocycles. The van der Waals surface area contributed by atoms with Gasteiger partial charge in [-0.25, -0.2) is 4.79 Å². The number of fused-ring (bicyclic) bond motifs is 1. The Morgan fingerprint density at radius 2 is 1.49 bits per heavy atom. The normalized spacial score (nSPS) is 14.7. The third kappa shape index (κ3) is 9.53. The molecular weight excluding hydrogens is 556 g/mol. The van der Waals surface area contributed by atoms with Crippen molar-refractivity contribution in [2.75, 3.05) is 6.54 Å². The highest BCUT2D eigenvalue weighted by Gasteiger charge is 2.31. The Bertz CT molecular complexity index is 1390. The molecule has 0 aliphatic heterocycles. The number of aromatic hydroxyl groups is 1. The SMILES string of the molecule is CC(O)C(N)C(=O)NC(Cc1c[nH]c2ccccc12)C(=O)NC(CCCCN)C(=O)NC(Cc1ccc(O)cc1)C(=O)O. The van der Waals surface area contributed by atoms with Crippen LogP contribution in [0.2, 0.25) is 0 Å². The van der Waals surface area contributed by atoms with Crippen molar-refractivity contribution >= 4 is 34.6 Å². The number of carboxylic acid groups (broad SMARTS) is 1. The zero-order valence-electron chi connectivity index (χ0n) is 24.0. The van der Waals surface area contributed by atoms with Crippen molar-refractivity contribution < 1.29 is 34.5 Å². The number of H-pyrrole nitrogens is 1. The third-order valence-electron chi connectivity index (χ3n) is 7.13. The molecule has 13 heteroatoms.